The maximum atomic E-state index is 13.1. The molecule has 0 aliphatic heterocycles. The van der Waals surface area contributed by atoms with Gasteiger partial charge in [0, 0.05) is 30.0 Å². The van der Waals surface area contributed by atoms with Gasteiger partial charge in [-0.1, -0.05) is 23.7 Å². The molecule has 0 aliphatic rings. The fraction of sp³-hybridized carbons (Fsp3) is 0.250. The molecule has 3 heterocycles. The second kappa shape index (κ2) is 6.24. The smallest absolute Gasteiger partial charge is 0.282 e. The molecule has 7 nitrogen and oxygen atoms in total. The first-order valence-corrected chi connectivity index (χ1v) is 9.23. The summed E-state index contributed by atoms with van der Waals surface area (Å²) in [6.45, 7) is 9.63. The molecular weight excluding hydrogens is 378 g/mol. The molecule has 0 spiro atoms. The Bertz CT molecular complexity index is 1400. The Labute approximate surface area is 165 Å². The van der Waals surface area contributed by atoms with Crippen LogP contribution >= 0.6 is 11.6 Å². The normalized spacial score (nSPS) is 11.6. The van der Waals surface area contributed by atoms with Crippen molar-refractivity contribution in [2.24, 2.45) is 7.05 Å². The van der Waals surface area contributed by atoms with Gasteiger partial charge in [-0.3, -0.25) is 22.9 Å². The van der Waals surface area contributed by atoms with Crippen molar-refractivity contribution in [1.29, 1.82) is 0 Å². The van der Waals surface area contributed by atoms with Crippen LogP contribution in [0.3, 0.4) is 0 Å². The Kier molecular flexibility index (Phi) is 4.08. The molecule has 3 aromatic heterocycles. The van der Waals surface area contributed by atoms with Gasteiger partial charge in [0.15, 0.2) is 11.2 Å². The van der Waals surface area contributed by atoms with Crippen LogP contribution in [0.1, 0.15) is 17.0 Å². The number of hydrogen-bond donors (Lipinski definition) is 0. The lowest BCUT2D eigenvalue weighted by atomic mass is 10.2. The largest absolute Gasteiger partial charge is 0.332 e. The van der Waals surface area contributed by atoms with E-state index in [-0.39, 0.29) is 12.1 Å². The lowest BCUT2D eigenvalue weighted by Crippen LogP contribution is -2.39. The van der Waals surface area contributed by atoms with Gasteiger partial charge < -0.3 is 0 Å². The maximum absolute atomic E-state index is 13.1. The van der Waals surface area contributed by atoms with Crippen LogP contribution in [0.5, 0.6) is 0 Å². The van der Waals surface area contributed by atoms with Crippen molar-refractivity contribution in [1.82, 2.24) is 23.1 Å². The summed E-state index contributed by atoms with van der Waals surface area (Å²) in [6.07, 6.45) is 1.53. The molecule has 4 rings (SSSR count). The highest BCUT2D eigenvalue weighted by Crippen LogP contribution is 2.28. The molecule has 0 unspecified atom stereocenters. The minimum atomic E-state index is -0.419. The minimum Gasteiger partial charge on any atom is -0.282 e. The summed E-state index contributed by atoms with van der Waals surface area (Å²) in [5.41, 5.74) is 3.53. The van der Waals surface area contributed by atoms with Crippen molar-refractivity contribution in [3.05, 3.63) is 73.7 Å². The van der Waals surface area contributed by atoms with Crippen molar-refractivity contribution < 1.29 is 0 Å². The van der Waals surface area contributed by atoms with Gasteiger partial charge in [-0.25, -0.2) is 4.79 Å². The summed E-state index contributed by atoms with van der Waals surface area (Å²) < 4.78 is 6.35. The highest BCUT2D eigenvalue weighted by Gasteiger charge is 2.23. The number of imidazole rings is 2. The molecule has 144 valence electrons. The molecule has 0 atom stereocenters. The Balaban J connectivity index is 2.24. The number of fused-ring (bicyclic) bond motifs is 3. The zero-order valence-corrected chi connectivity index (χ0v) is 16.9. The average molecular weight is 398 g/mol. The predicted octanol–water partition coefficient (Wildman–Crippen LogP) is 2.90. The van der Waals surface area contributed by atoms with Crippen LogP contribution in [0.15, 0.2) is 40.4 Å². The van der Waals surface area contributed by atoms with E-state index in [1.54, 1.807) is 7.05 Å². The van der Waals surface area contributed by atoms with Gasteiger partial charge in [0.05, 0.1) is 5.69 Å². The number of hydrogen-bond acceptors (Lipinski definition) is 3. The van der Waals surface area contributed by atoms with E-state index in [9.17, 15) is 9.59 Å². The molecule has 0 aliphatic carbocycles. The molecule has 0 fully saturated rings. The second-order valence-electron chi connectivity index (χ2n) is 6.86. The summed E-state index contributed by atoms with van der Waals surface area (Å²) in [5, 5.41) is 0.651. The Hall–Kier alpha value is -3.06. The van der Waals surface area contributed by atoms with Crippen LogP contribution in [0, 0.1) is 20.8 Å². The van der Waals surface area contributed by atoms with Crippen LogP contribution in [0.4, 0.5) is 0 Å². The fourth-order valence-electron chi connectivity index (χ4n) is 3.67. The molecule has 1 aromatic carbocycles. The highest BCUT2D eigenvalue weighted by molar-refractivity contribution is 6.31. The third-order valence-electron chi connectivity index (χ3n) is 5.31. The first kappa shape index (κ1) is 18.3. The number of halogens is 1. The van der Waals surface area contributed by atoms with Gasteiger partial charge in [0.25, 0.3) is 5.56 Å². The van der Waals surface area contributed by atoms with Crippen LogP contribution < -0.4 is 11.2 Å². The monoisotopic (exact) mass is 397 g/mol. The zero-order valence-electron chi connectivity index (χ0n) is 16.2. The van der Waals surface area contributed by atoms with Crippen LogP contribution in [-0.2, 0) is 13.6 Å². The van der Waals surface area contributed by atoms with E-state index in [4.69, 9.17) is 11.6 Å². The van der Waals surface area contributed by atoms with Crippen LogP contribution in [-0.4, -0.2) is 23.1 Å². The predicted molar refractivity (Wildman–Crippen MR) is 111 cm³/mol. The van der Waals surface area contributed by atoms with Crippen molar-refractivity contribution in [3.63, 3.8) is 0 Å². The fourth-order valence-corrected chi connectivity index (χ4v) is 3.84. The molecule has 28 heavy (non-hydrogen) atoms. The summed E-state index contributed by atoms with van der Waals surface area (Å²) in [5.74, 6) is 0.568. The molecule has 8 heteroatoms. The number of aryl methyl sites for hydroxylation is 2. The minimum absolute atomic E-state index is 0.140. The molecule has 0 amide bonds. The van der Waals surface area contributed by atoms with E-state index < -0.39 is 5.69 Å². The van der Waals surface area contributed by atoms with E-state index in [0.717, 1.165) is 22.6 Å². The Morgan fingerprint density at radius 1 is 1.18 bits per heavy atom. The van der Waals surface area contributed by atoms with E-state index in [1.165, 1.54) is 15.2 Å². The van der Waals surface area contributed by atoms with Crippen LogP contribution in [0.25, 0.3) is 22.6 Å². The van der Waals surface area contributed by atoms with E-state index in [1.807, 2.05) is 47.9 Å². The van der Waals surface area contributed by atoms with Crippen molar-refractivity contribution >= 4 is 28.5 Å². The van der Waals surface area contributed by atoms with Gasteiger partial charge in [-0.15, -0.1) is 6.58 Å². The van der Waals surface area contributed by atoms with E-state index >= 15 is 0 Å². The third-order valence-corrected chi connectivity index (χ3v) is 5.72. The van der Waals surface area contributed by atoms with Crippen LogP contribution in [0.2, 0.25) is 5.02 Å². The zero-order chi connectivity index (χ0) is 20.3. The maximum Gasteiger partial charge on any atom is 0.332 e. The summed E-state index contributed by atoms with van der Waals surface area (Å²) >= 11 is 6.33. The molecular formula is C20H20ClN5O2. The number of rotatable bonds is 3. The summed E-state index contributed by atoms with van der Waals surface area (Å²) in [7, 11) is 1.62. The lowest BCUT2D eigenvalue weighted by molar-refractivity contribution is 0.667. The first-order valence-electron chi connectivity index (χ1n) is 8.85. The molecule has 0 bridgehead atoms. The standard InChI is InChI=1S/C20H20ClN5O2/c1-6-10-24-18(27)16-17(23(5)20(24)28)22-19-25(12(3)13(4)26(16)19)15-9-7-8-14(21)11(15)2/h6-9H,1,10H2,2-5H3. The Morgan fingerprint density at radius 2 is 1.89 bits per heavy atom. The second-order valence-corrected chi connectivity index (χ2v) is 7.26. The highest BCUT2D eigenvalue weighted by atomic mass is 35.5. The van der Waals surface area contributed by atoms with Gasteiger partial charge in [0.2, 0.25) is 5.78 Å². The molecule has 0 saturated carbocycles. The van der Waals surface area contributed by atoms with Gasteiger partial charge >= 0.3 is 5.69 Å². The molecule has 0 saturated heterocycles. The third kappa shape index (κ3) is 2.26. The quantitative estimate of drug-likeness (QED) is 0.499. The van der Waals surface area contributed by atoms with Crippen molar-refractivity contribution in [3.8, 4) is 5.69 Å². The number of allylic oxidation sites excluding steroid dienone is 1. The number of benzene rings is 1. The SMILES string of the molecule is C=CCn1c(=O)c2c(nc3n(-c4cccc(Cl)c4C)c(C)c(C)n23)n(C)c1=O. The summed E-state index contributed by atoms with van der Waals surface area (Å²) in [6, 6.07) is 5.68. The molecule has 0 radical (unpaired) electrons. The number of nitrogens with zero attached hydrogens (tertiary/aromatic N) is 5. The topological polar surface area (TPSA) is 66.2 Å². The van der Waals surface area contributed by atoms with Gasteiger partial charge in [-0.05, 0) is 38.5 Å². The molecule has 4 aromatic rings. The van der Waals surface area contributed by atoms with E-state index in [2.05, 4.69) is 11.6 Å². The van der Waals surface area contributed by atoms with Crippen molar-refractivity contribution in [2.45, 2.75) is 27.3 Å². The number of aromatic nitrogens is 5. The lowest BCUT2D eigenvalue weighted by Gasteiger charge is -2.11. The van der Waals surface area contributed by atoms with Gasteiger partial charge in [-0.2, -0.15) is 4.98 Å². The molecule has 0 N–H and O–H groups in total. The average Bonchev–Trinajstić information content (AvgIpc) is 3.16. The van der Waals surface area contributed by atoms with Gasteiger partial charge in [0.1, 0.15) is 0 Å². The Morgan fingerprint density at radius 3 is 2.57 bits per heavy atom. The first-order chi connectivity index (χ1) is 13.3. The van der Waals surface area contributed by atoms with E-state index in [0.29, 0.717) is 22.0 Å². The summed E-state index contributed by atoms with van der Waals surface area (Å²) in [4.78, 5) is 30.4. The van der Waals surface area contributed by atoms with Crippen molar-refractivity contribution in [2.75, 3.05) is 0 Å².